The number of unbranched alkanes of at least 4 members (excludes halogenated alkanes) is 2. The molecular weight excluding hydrogens is 300 g/mol. The summed E-state index contributed by atoms with van der Waals surface area (Å²) in [6.07, 6.45) is 6.37. The van der Waals surface area contributed by atoms with Crippen LogP contribution in [0.2, 0.25) is 0 Å². The monoisotopic (exact) mass is 330 g/mol. The first kappa shape index (κ1) is 17.3. The van der Waals surface area contributed by atoms with Gasteiger partial charge in [0.2, 0.25) is 0 Å². The van der Waals surface area contributed by atoms with E-state index in [0.29, 0.717) is 5.56 Å². The van der Waals surface area contributed by atoms with E-state index in [1.54, 1.807) is 0 Å². The summed E-state index contributed by atoms with van der Waals surface area (Å²) in [6.45, 7) is 10.5. The van der Waals surface area contributed by atoms with Crippen LogP contribution < -0.4 is 0 Å². The Morgan fingerprint density at radius 2 is 1.96 bits per heavy atom. The summed E-state index contributed by atoms with van der Waals surface area (Å²) in [5, 5.41) is 21.3. The first-order valence-corrected chi connectivity index (χ1v) is 9.25. The normalized spacial score (nSPS) is 31.5. The van der Waals surface area contributed by atoms with Gasteiger partial charge in [0.1, 0.15) is 11.5 Å². The van der Waals surface area contributed by atoms with Gasteiger partial charge in [0.25, 0.3) is 0 Å². The van der Waals surface area contributed by atoms with Gasteiger partial charge < -0.3 is 14.9 Å². The SMILES string of the molecule is C=C(C)[C@@H]1CC[C@]2(C)O[C@@H]2[C@H]1c1c(O)cc(CCCCC)cc1O. The van der Waals surface area contributed by atoms with E-state index in [1.165, 1.54) is 0 Å². The summed E-state index contributed by atoms with van der Waals surface area (Å²) in [5.74, 6) is 0.647. The molecule has 1 heterocycles. The number of aryl methyl sites for hydroxylation is 1. The van der Waals surface area contributed by atoms with Crippen molar-refractivity contribution in [1.29, 1.82) is 0 Å². The van der Waals surface area contributed by atoms with Crippen LogP contribution in [0.5, 0.6) is 11.5 Å². The van der Waals surface area contributed by atoms with E-state index < -0.39 is 0 Å². The van der Waals surface area contributed by atoms with Gasteiger partial charge in [0.15, 0.2) is 0 Å². The number of aromatic hydroxyl groups is 2. The van der Waals surface area contributed by atoms with Crippen LogP contribution in [0.15, 0.2) is 24.3 Å². The number of phenolic OH excluding ortho intramolecular Hbond substituents is 2. The summed E-state index contributed by atoms with van der Waals surface area (Å²) in [4.78, 5) is 0. The van der Waals surface area contributed by atoms with Gasteiger partial charge in [-0.1, -0.05) is 31.9 Å². The molecule has 3 heteroatoms. The smallest absolute Gasteiger partial charge is 0.123 e. The van der Waals surface area contributed by atoms with Gasteiger partial charge in [-0.15, -0.1) is 0 Å². The van der Waals surface area contributed by atoms with Crippen LogP contribution in [-0.4, -0.2) is 21.9 Å². The summed E-state index contributed by atoms with van der Waals surface area (Å²) < 4.78 is 5.97. The fourth-order valence-corrected chi connectivity index (χ4v) is 4.39. The number of rotatable bonds is 6. The quantitative estimate of drug-likeness (QED) is 0.435. The van der Waals surface area contributed by atoms with Crippen LogP contribution in [-0.2, 0) is 11.2 Å². The molecule has 0 unspecified atom stereocenters. The number of fused-ring (bicyclic) bond motifs is 1. The van der Waals surface area contributed by atoms with E-state index in [0.717, 1.165) is 49.7 Å². The first-order chi connectivity index (χ1) is 11.4. The minimum absolute atomic E-state index is 0.00839. The Hall–Kier alpha value is -1.48. The van der Waals surface area contributed by atoms with Crippen molar-refractivity contribution in [3.8, 4) is 11.5 Å². The highest BCUT2D eigenvalue weighted by molar-refractivity contribution is 5.51. The molecule has 1 aromatic rings. The molecule has 1 aromatic carbocycles. The van der Waals surface area contributed by atoms with Gasteiger partial charge in [-0.3, -0.25) is 0 Å². The predicted octanol–water partition coefficient (Wildman–Crippen LogP) is 5.06. The van der Waals surface area contributed by atoms with E-state index >= 15 is 0 Å². The molecule has 132 valence electrons. The molecule has 4 atom stereocenters. The zero-order chi connectivity index (χ0) is 17.5. The van der Waals surface area contributed by atoms with Crippen molar-refractivity contribution < 1.29 is 14.9 Å². The lowest BCUT2D eigenvalue weighted by Crippen LogP contribution is -2.30. The van der Waals surface area contributed by atoms with Gasteiger partial charge >= 0.3 is 0 Å². The zero-order valence-corrected chi connectivity index (χ0v) is 15.1. The predicted molar refractivity (Wildman–Crippen MR) is 96.6 cm³/mol. The van der Waals surface area contributed by atoms with Gasteiger partial charge in [-0.25, -0.2) is 0 Å². The standard InChI is InChI=1S/C21H30O3/c1-5-6-7-8-14-11-16(22)19(17(23)12-14)18-15(13(2)3)9-10-21(4)20(18)24-21/h11-12,15,18,20,22-23H,2,5-10H2,1,3-4H3/t15-,18+,20+,21-/m0/s1. The Bertz CT molecular complexity index is 613. The number of benzene rings is 1. The van der Waals surface area contributed by atoms with Crippen LogP contribution in [0.4, 0.5) is 0 Å². The number of hydrogen-bond donors (Lipinski definition) is 2. The van der Waals surface area contributed by atoms with Crippen LogP contribution in [0.1, 0.15) is 69.9 Å². The van der Waals surface area contributed by atoms with Crippen LogP contribution in [0.25, 0.3) is 0 Å². The van der Waals surface area contributed by atoms with Crippen molar-refractivity contribution in [3.05, 3.63) is 35.4 Å². The van der Waals surface area contributed by atoms with E-state index in [2.05, 4.69) is 20.4 Å². The van der Waals surface area contributed by atoms with E-state index in [9.17, 15) is 10.2 Å². The van der Waals surface area contributed by atoms with Crippen molar-refractivity contribution in [1.82, 2.24) is 0 Å². The summed E-state index contributed by atoms with van der Waals surface area (Å²) >= 11 is 0. The molecule has 2 N–H and O–H groups in total. The topological polar surface area (TPSA) is 53.0 Å². The van der Waals surface area contributed by atoms with Crippen LogP contribution in [0.3, 0.4) is 0 Å². The largest absolute Gasteiger partial charge is 0.508 e. The minimum atomic E-state index is -0.102. The lowest BCUT2D eigenvalue weighted by atomic mass is 9.69. The molecule has 1 saturated heterocycles. The second-order valence-electron chi connectivity index (χ2n) is 7.87. The van der Waals surface area contributed by atoms with E-state index in [-0.39, 0.29) is 35.0 Å². The fourth-order valence-electron chi connectivity index (χ4n) is 4.39. The molecular formula is C21H30O3. The second-order valence-corrected chi connectivity index (χ2v) is 7.87. The van der Waals surface area contributed by atoms with Crippen molar-refractivity contribution in [2.75, 3.05) is 0 Å². The lowest BCUT2D eigenvalue weighted by molar-refractivity contribution is 0.302. The molecule has 2 fully saturated rings. The maximum absolute atomic E-state index is 10.7. The van der Waals surface area contributed by atoms with E-state index in [1.807, 2.05) is 19.1 Å². The highest BCUT2D eigenvalue weighted by Gasteiger charge is 2.61. The maximum Gasteiger partial charge on any atom is 0.123 e. The van der Waals surface area contributed by atoms with Gasteiger partial charge in [0.05, 0.1) is 11.7 Å². The molecule has 1 aliphatic carbocycles. The average molecular weight is 330 g/mol. The van der Waals surface area contributed by atoms with Crippen molar-refractivity contribution in [2.24, 2.45) is 5.92 Å². The van der Waals surface area contributed by atoms with Crippen molar-refractivity contribution in [2.45, 2.75) is 76.9 Å². The Balaban J connectivity index is 1.91. The second kappa shape index (κ2) is 6.44. The fraction of sp³-hybridized carbons (Fsp3) is 0.619. The number of ether oxygens (including phenoxy) is 1. The maximum atomic E-state index is 10.7. The molecule has 0 bridgehead atoms. The Labute approximate surface area is 145 Å². The molecule has 1 aliphatic heterocycles. The first-order valence-electron chi connectivity index (χ1n) is 9.25. The molecule has 24 heavy (non-hydrogen) atoms. The van der Waals surface area contributed by atoms with Crippen molar-refractivity contribution >= 4 is 0 Å². The summed E-state index contributed by atoms with van der Waals surface area (Å²) in [6, 6.07) is 3.66. The molecule has 0 amide bonds. The molecule has 3 rings (SSSR count). The van der Waals surface area contributed by atoms with E-state index in [4.69, 9.17) is 4.74 Å². The highest BCUT2D eigenvalue weighted by atomic mass is 16.6. The highest BCUT2D eigenvalue weighted by Crippen LogP contribution is 2.60. The summed E-state index contributed by atoms with van der Waals surface area (Å²) in [7, 11) is 0. The summed E-state index contributed by atoms with van der Waals surface area (Å²) in [5.41, 5.74) is 2.65. The minimum Gasteiger partial charge on any atom is -0.508 e. The Morgan fingerprint density at radius 3 is 2.54 bits per heavy atom. The van der Waals surface area contributed by atoms with Gasteiger partial charge in [0, 0.05) is 11.5 Å². The lowest BCUT2D eigenvalue weighted by Gasteiger charge is -2.33. The molecule has 0 spiro atoms. The number of epoxide rings is 1. The Kier molecular flexibility index (Phi) is 4.65. The molecule has 3 nitrogen and oxygen atoms in total. The van der Waals surface area contributed by atoms with Gasteiger partial charge in [-0.2, -0.15) is 0 Å². The third kappa shape index (κ3) is 3.06. The molecule has 2 aliphatic rings. The number of allylic oxidation sites excluding steroid dienone is 1. The molecule has 0 radical (unpaired) electrons. The molecule has 0 aromatic heterocycles. The molecule has 1 saturated carbocycles. The number of hydrogen-bond acceptors (Lipinski definition) is 3. The third-order valence-corrected chi connectivity index (χ3v) is 5.88. The van der Waals surface area contributed by atoms with Gasteiger partial charge in [-0.05, 0) is 63.1 Å². The third-order valence-electron chi connectivity index (χ3n) is 5.88. The number of phenols is 2. The van der Waals surface area contributed by atoms with Crippen molar-refractivity contribution in [3.63, 3.8) is 0 Å². The average Bonchev–Trinajstić information content (AvgIpc) is 3.19. The van der Waals surface area contributed by atoms with Crippen LogP contribution >= 0.6 is 0 Å². The van der Waals surface area contributed by atoms with Crippen LogP contribution in [0, 0.1) is 5.92 Å². The Morgan fingerprint density at radius 1 is 1.29 bits per heavy atom. The zero-order valence-electron chi connectivity index (χ0n) is 15.1.